The van der Waals surface area contributed by atoms with E-state index in [2.05, 4.69) is 39.7 Å². The van der Waals surface area contributed by atoms with Crippen molar-refractivity contribution in [2.45, 2.75) is 26.7 Å². The van der Waals surface area contributed by atoms with Crippen LogP contribution in [0.15, 0.2) is 42.6 Å². The smallest absolute Gasteiger partial charge is 0.249 e. The minimum absolute atomic E-state index is 0.108. The standard InChI is InChI=1S/C19H19F2N5/c1-11(2)14-6-4-5-12(3)18(14)25-19-24-17(10-22-26-19)23-16-8-7-13(20)9-15(16)21/h4-11H,1-3H3,(H2,23,24,25,26). The van der Waals surface area contributed by atoms with Crippen LogP contribution in [-0.4, -0.2) is 15.2 Å². The molecule has 0 radical (unpaired) electrons. The first-order chi connectivity index (χ1) is 12.4. The molecule has 0 unspecified atom stereocenters. The molecule has 0 aliphatic rings. The van der Waals surface area contributed by atoms with Crippen molar-refractivity contribution in [1.82, 2.24) is 15.2 Å². The van der Waals surface area contributed by atoms with Gasteiger partial charge in [0.25, 0.3) is 0 Å². The van der Waals surface area contributed by atoms with Crippen molar-refractivity contribution < 1.29 is 8.78 Å². The zero-order valence-electron chi connectivity index (χ0n) is 14.7. The van der Waals surface area contributed by atoms with Gasteiger partial charge in [0.1, 0.15) is 11.6 Å². The summed E-state index contributed by atoms with van der Waals surface area (Å²) < 4.78 is 26.8. The molecular formula is C19H19F2N5. The number of anilines is 4. The van der Waals surface area contributed by atoms with E-state index in [-0.39, 0.29) is 11.6 Å². The zero-order chi connectivity index (χ0) is 18.7. The Morgan fingerprint density at radius 2 is 1.85 bits per heavy atom. The van der Waals surface area contributed by atoms with Crippen LogP contribution in [0.5, 0.6) is 0 Å². The number of halogens is 2. The number of nitrogens with one attached hydrogen (secondary N) is 2. The fourth-order valence-electron chi connectivity index (χ4n) is 2.60. The molecule has 0 saturated carbocycles. The summed E-state index contributed by atoms with van der Waals surface area (Å²) in [5.74, 6) is -0.447. The van der Waals surface area contributed by atoms with Crippen molar-refractivity contribution in [1.29, 1.82) is 0 Å². The van der Waals surface area contributed by atoms with Crippen LogP contribution in [0.1, 0.15) is 30.9 Å². The fraction of sp³-hybridized carbons (Fsp3) is 0.211. The van der Waals surface area contributed by atoms with Crippen molar-refractivity contribution in [2.75, 3.05) is 10.6 Å². The van der Waals surface area contributed by atoms with E-state index in [0.717, 1.165) is 22.9 Å². The summed E-state index contributed by atoms with van der Waals surface area (Å²) in [6.07, 6.45) is 1.37. The van der Waals surface area contributed by atoms with Gasteiger partial charge in [-0.15, -0.1) is 5.10 Å². The summed E-state index contributed by atoms with van der Waals surface area (Å²) in [5, 5.41) is 13.9. The van der Waals surface area contributed by atoms with Crippen LogP contribution >= 0.6 is 0 Å². The van der Waals surface area contributed by atoms with Crippen LogP contribution in [-0.2, 0) is 0 Å². The summed E-state index contributed by atoms with van der Waals surface area (Å²) in [6.45, 7) is 6.21. The quantitative estimate of drug-likeness (QED) is 0.669. The van der Waals surface area contributed by atoms with E-state index >= 15 is 0 Å². The normalized spacial score (nSPS) is 10.8. The molecule has 0 bridgehead atoms. The highest BCUT2D eigenvalue weighted by molar-refractivity contribution is 5.65. The molecular weight excluding hydrogens is 336 g/mol. The second-order valence-corrected chi connectivity index (χ2v) is 6.23. The van der Waals surface area contributed by atoms with Gasteiger partial charge in [0.15, 0.2) is 5.82 Å². The first-order valence-corrected chi connectivity index (χ1v) is 8.22. The molecule has 0 spiro atoms. The number of rotatable bonds is 5. The van der Waals surface area contributed by atoms with Crippen LogP contribution in [0.25, 0.3) is 0 Å². The van der Waals surface area contributed by atoms with E-state index in [9.17, 15) is 8.78 Å². The van der Waals surface area contributed by atoms with Gasteiger partial charge in [0.05, 0.1) is 11.9 Å². The highest BCUT2D eigenvalue weighted by atomic mass is 19.1. The van der Waals surface area contributed by atoms with Gasteiger partial charge in [-0.2, -0.15) is 10.1 Å². The van der Waals surface area contributed by atoms with Gasteiger partial charge >= 0.3 is 0 Å². The van der Waals surface area contributed by atoms with E-state index in [0.29, 0.717) is 11.7 Å². The van der Waals surface area contributed by atoms with Gasteiger partial charge in [-0.1, -0.05) is 32.0 Å². The van der Waals surface area contributed by atoms with Gasteiger partial charge in [-0.25, -0.2) is 8.78 Å². The number of nitrogens with zero attached hydrogens (tertiary/aromatic N) is 3. The summed E-state index contributed by atoms with van der Waals surface area (Å²) in [7, 11) is 0. The number of hydrogen-bond donors (Lipinski definition) is 2. The molecule has 0 atom stereocenters. The topological polar surface area (TPSA) is 62.7 Å². The molecule has 5 nitrogen and oxygen atoms in total. The maximum atomic E-state index is 13.8. The monoisotopic (exact) mass is 355 g/mol. The van der Waals surface area contributed by atoms with Crippen LogP contribution < -0.4 is 10.6 Å². The average Bonchev–Trinajstić information content (AvgIpc) is 2.59. The highest BCUT2D eigenvalue weighted by Crippen LogP contribution is 2.29. The molecule has 0 fully saturated rings. The lowest BCUT2D eigenvalue weighted by Crippen LogP contribution is -2.06. The largest absolute Gasteiger partial charge is 0.336 e. The van der Waals surface area contributed by atoms with Crippen molar-refractivity contribution in [2.24, 2.45) is 0 Å². The number of aryl methyl sites for hydroxylation is 1. The lowest BCUT2D eigenvalue weighted by molar-refractivity contribution is 0.586. The zero-order valence-corrected chi connectivity index (χ0v) is 14.7. The van der Waals surface area contributed by atoms with Crippen molar-refractivity contribution >= 4 is 23.1 Å². The van der Waals surface area contributed by atoms with Gasteiger partial charge < -0.3 is 10.6 Å². The lowest BCUT2D eigenvalue weighted by Gasteiger charge is -2.16. The average molecular weight is 355 g/mol. The molecule has 7 heteroatoms. The SMILES string of the molecule is Cc1cccc(C(C)C)c1Nc1nncc(Nc2ccc(F)cc2F)n1. The molecule has 3 aromatic rings. The number of para-hydroxylation sites is 1. The van der Waals surface area contributed by atoms with Crippen LogP contribution in [0.2, 0.25) is 0 Å². The van der Waals surface area contributed by atoms with Gasteiger partial charge in [0, 0.05) is 11.8 Å². The molecule has 1 heterocycles. The van der Waals surface area contributed by atoms with E-state index in [1.54, 1.807) is 0 Å². The first kappa shape index (κ1) is 17.7. The Hall–Kier alpha value is -3.09. The maximum Gasteiger partial charge on any atom is 0.249 e. The number of benzene rings is 2. The van der Waals surface area contributed by atoms with Crippen LogP contribution in [0.4, 0.5) is 31.9 Å². The fourth-order valence-corrected chi connectivity index (χ4v) is 2.60. The molecule has 0 aliphatic heterocycles. The van der Waals surface area contributed by atoms with Gasteiger partial charge in [-0.3, -0.25) is 0 Å². The molecule has 134 valence electrons. The maximum absolute atomic E-state index is 13.8. The molecule has 26 heavy (non-hydrogen) atoms. The Labute approximate surface area is 150 Å². The Balaban J connectivity index is 1.87. The van der Waals surface area contributed by atoms with Crippen LogP contribution in [0.3, 0.4) is 0 Å². The van der Waals surface area contributed by atoms with Crippen molar-refractivity contribution in [3.8, 4) is 0 Å². The summed E-state index contributed by atoms with van der Waals surface area (Å²) in [4.78, 5) is 4.31. The molecule has 2 aromatic carbocycles. The third-order valence-corrected chi connectivity index (χ3v) is 3.92. The highest BCUT2D eigenvalue weighted by Gasteiger charge is 2.12. The predicted molar refractivity (Wildman–Crippen MR) is 98.0 cm³/mol. The lowest BCUT2D eigenvalue weighted by atomic mass is 9.98. The van der Waals surface area contributed by atoms with E-state index in [4.69, 9.17) is 0 Å². The van der Waals surface area contributed by atoms with Crippen LogP contribution in [0, 0.1) is 18.6 Å². The van der Waals surface area contributed by atoms with E-state index in [1.807, 2.05) is 25.1 Å². The second-order valence-electron chi connectivity index (χ2n) is 6.23. The van der Waals surface area contributed by atoms with E-state index in [1.165, 1.54) is 18.3 Å². The first-order valence-electron chi connectivity index (χ1n) is 8.22. The van der Waals surface area contributed by atoms with Gasteiger partial charge in [0.2, 0.25) is 5.95 Å². The Morgan fingerprint density at radius 3 is 2.58 bits per heavy atom. The number of hydrogen-bond acceptors (Lipinski definition) is 5. The van der Waals surface area contributed by atoms with Crippen molar-refractivity contribution in [3.05, 3.63) is 65.4 Å². The molecule has 0 saturated heterocycles. The second kappa shape index (κ2) is 7.43. The summed E-state index contributed by atoms with van der Waals surface area (Å²) in [5.41, 5.74) is 3.23. The molecule has 1 aromatic heterocycles. The molecule has 2 N–H and O–H groups in total. The number of aromatic nitrogens is 3. The Morgan fingerprint density at radius 1 is 1.04 bits per heavy atom. The Bertz CT molecular complexity index is 928. The summed E-state index contributed by atoms with van der Waals surface area (Å²) >= 11 is 0. The Kier molecular flexibility index (Phi) is 5.06. The summed E-state index contributed by atoms with van der Waals surface area (Å²) in [6, 6.07) is 9.32. The third-order valence-electron chi connectivity index (χ3n) is 3.92. The molecule has 0 amide bonds. The third kappa shape index (κ3) is 3.93. The van der Waals surface area contributed by atoms with Crippen molar-refractivity contribution in [3.63, 3.8) is 0 Å². The molecule has 0 aliphatic carbocycles. The molecule has 3 rings (SSSR count). The minimum Gasteiger partial charge on any atom is -0.336 e. The van der Waals surface area contributed by atoms with Gasteiger partial charge in [-0.05, 0) is 36.1 Å². The predicted octanol–water partition coefficient (Wildman–Crippen LogP) is 5.07. The minimum atomic E-state index is -0.709. The van der Waals surface area contributed by atoms with E-state index < -0.39 is 11.6 Å².